The van der Waals surface area contributed by atoms with Crippen LogP contribution in [0.15, 0.2) is 35.1 Å². The first-order valence-electron chi connectivity index (χ1n) is 10.5. The molecule has 2 aromatic heterocycles. The van der Waals surface area contributed by atoms with E-state index in [-0.39, 0.29) is 11.6 Å². The second-order valence-electron chi connectivity index (χ2n) is 8.08. The Bertz CT molecular complexity index is 1100. The van der Waals surface area contributed by atoms with E-state index in [1.807, 2.05) is 18.3 Å². The van der Waals surface area contributed by atoms with Crippen molar-refractivity contribution in [2.24, 2.45) is 5.92 Å². The third-order valence-electron chi connectivity index (χ3n) is 5.52. The van der Waals surface area contributed by atoms with Gasteiger partial charge in [0.15, 0.2) is 11.4 Å². The molecule has 1 aliphatic carbocycles. The number of anilines is 1. The molecule has 2 heterocycles. The molecule has 0 spiro atoms. The number of rotatable bonds is 10. The highest BCUT2D eigenvalue weighted by Gasteiger charge is 2.23. The monoisotopic (exact) mass is 448 g/mol. The lowest BCUT2D eigenvalue weighted by Crippen LogP contribution is -2.27. The maximum atomic E-state index is 12.7. The summed E-state index contributed by atoms with van der Waals surface area (Å²) >= 11 is 0. The van der Waals surface area contributed by atoms with Crippen molar-refractivity contribution >= 4 is 26.8 Å². The van der Waals surface area contributed by atoms with Crippen molar-refractivity contribution in [2.75, 3.05) is 24.2 Å². The summed E-state index contributed by atoms with van der Waals surface area (Å²) in [5.74, 6) is 0.968. The van der Waals surface area contributed by atoms with Gasteiger partial charge in [-0.25, -0.2) is 8.42 Å². The van der Waals surface area contributed by atoms with Gasteiger partial charge in [-0.2, -0.15) is 5.10 Å². The quantitative estimate of drug-likeness (QED) is 0.506. The van der Waals surface area contributed by atoms with E-state index in [2.05, 4.69) is 15.0 Å². The zero-order chi connectivity index (χ0) is 21.8. The summed E-state index contributed by atoms with van der Waals surface area (Å²) in [4.78, 5) is 0. The second-order valence-corrected chi connectivity index (χ2v) is 9.85. The summed E-state index contributed by atoms with van der Waals surface area (Å²) in [5, 5.41) is 8.61. The van der Waals surface area contributed by atoms with Gasteiger partial charge in [0, 0.05) is 19.0 Å². The number of nitrogens with one attached hydrogen (secondary N) is 1. The number of fused-ring (bicyclic) bond motifs is 1. The van der Waals surface area contributed by atoms with Crippen LogP contribution in [0.25, 0.3) is 11.0 Å². The molecule has 0 saturated heterocycles. The molecule has 1 unspecified atom stereocenters. The second kappa shape index (κ2) is 9.27. The highest BCUT2D eigenvalue weighted by Crippen LogP contribution is 2.34. The summed E-state index contributed by atoms with van der Waals surface area (Å²) < 4.78 is 46.4. The van der Waals surface area contributed by atoms with Crippen LogP contribution in [-0.2, 0) is 21.3 Å². The number of hydrogen-bond donors (Lipinski definition) is 1. The Labute approximate surface area is 181 Å². The third kappa shape index (κ3) is 5.37. The van der Waals surface area contributed by atoms with Crippen LogP contribution in [0.5, 0.6) is 5.75 Å². The van der Waals surface area contributed by atoms with Crippen LogP contribution in [0, 0.1) is 5.92 Å². The number of benzene rings is 1. The first kappa shape index (κ1) is 21.6. The lowest BCUT2D eigenvalue weighted by molar-refractivity contribution is 0.0546. The van der Waals surface area contributed by atoms with Crippen LogP contribution in [0.3, 0.4) is 0 Å². The number of methoxy groups -OCH3 is 1. The fourth-order valence-electron chi connectivity index (χ4n) is 4.02. The first-order chi connectivity index (χ1) is 14.9. The van der Waals surface area contributed by atoms with Crippen molar-refractivity contribution in [3.8, 4) is 5.75 Å². The molecule has 0 radical (unpaired) electrons. The molecule has 168 valence electrons. The predicted octanol–water partition coefficient (Wildman–Crippen LogP) is 3.42. The van der Waals surface area contributed by atoms with Crippen LogP contribution in [0.4, 0.5) is 5.82 Å². The molecule has 10 heteroatoms. The van der Waals surface area contributed by atoms with Crippen molar-refractivity contribution in [3.05, 3.63) is 36.2 Å². The van der Waals surface area contributed by atoms with E-state index in [1.165, 1.54) is 20.0 Å². The first-order valence-corrected chi connectivity index (χ1v) is 12.1. The molecular formula is C21H28N4O5S. The van der Waals surface area contributed by atoms with Gasteiger partial charge in [0.25, 0.3) is 0 Å². The van der Waals surface area contributed by atoms with Gasteiger partial charge in [0.1, 0.15) is 11.1 Å². The third-order valence-corrected chi connectivity index (χ3v) is 6.93. The average molecular weight is 449 g/mol. The van der Waals surface area contributed by atoms with Crippen LogP contribution in [0.1, 0.15) is 38.2 Å². The number of hydrogen-bond acceptors (Lipinski definition) is 7. The molecule has 0 aliphatic heterocycles. The molecule has 0 bridgehead atoms. The maximum Gasteiger partial charge on any atom is 0.236 e. The maximum absolute atomic E-state index is 12.7. The number of nitrogens with zero attached hydrogens (tertiary/aromatic N) is 3. The minimum Gasteiger partial charge on any atom is -0.496 e. The van der Waals surface area contributed by atoms with Crippen molar-refractivity contribution in [1.29, 1.82) is 0 Å². The predicted molar refractivity (Wildman–Crippen MR) is 117 cm³/mol. The van der Waals surface area contributed by atoms with Crippen LogP contribution >= 0.6 is 0 Å². The van der Waals surface area contributed by atoms with E-state index in [0.29, 0.717) is 35.8 Å². The van der Waals surface area contributed by atoms with E-state index in [0.717, 1.165) is 18.4 Å². The van der Waals surface area contributed by atoms with Gasteiger partial charge in [-0.1, -0.05) is 18.0 Å². The average Bonchev–Trinajstić information content (AvgIpc) is 3.48. The van der Waals surface area contributed by atoms with Crippen molar-refractivity contribution in [3.63, 3.8) is 0 Å². The molecule has 1 fully saturated rings. The van der Waals surface area contributed by atoms with Gasteiger partial charge in [0.05, 0.1) is 25.5 Å². The normalized spacial score (nSPS) is 16.1. The van der Waals surface area contributed by atoms with Crippen molar-refractivity contribution < 1.29 is 22.4 Å². The summed E-state index contributed by atoms with van der Waals surface area (Å²) in [5.41, 5.74) is 1.33. The summed E-state index contributed by atoms with van der Waals surface area (Å²) in [6.07, 6.45) is 7.91. The van der Waals surface area contributed by atoms with Crippen molar-refractivity contribution in [2.45, 2.75) is 45.3 Å². The summed E-state index contributed by atoms with van der Waals surface area (Å²) in [6.45, 7) is 2.91. The Hall–Kier alpha value is -2.59. The highest BCUT2D eigenvalue weighted by molar-refractivity contribution is 7.92. The van der Waals surface area contributed by atoms with Gasteiger partial charge in [-0.05, 0) is 49.4 Å². The zero-order valence-corrected chi connectivity index (χ0v) is 18.6. The van der Waals surface area contributed by atoms with Crippen molar-refractivity contribution in [1.82, 2.24) is 14.9 Å². The largest absolute Gasteiger partial charge is 0.496 e. The Kier molecular flexibility index (Phi) is 6.47. The lowest BCUT2D eigenvalue weighted by atomic mass is 10.1. The Morgan fingerprint density at radius 3 is 2.84 bits per heavy atom. The van der Waals surface area contributed by atoms with Crippen LogP contribution in [-0.4, -0.2) is 48.9 Å². The number of aromatic nitrogens is 3. The smallest absolute Gasteiger partial charge is 0.236 e. The van der Waals surface area contributed by atoms with E-state index in [4.69, 9.17) is 14.0 Å². The minimum atomic E-state index is -3.68. The molecule has 1 saturated carbocycles. The van der Waals surface area contributed by atoms with E-state index in [9.17, 15) is 8.42 Å². The Balaban J connectivity index is 1.46. The lowest BCUT2D eigenvalue weighted by Gasteiger charge is -2.16. The summed E-state index contributed by atoms with van der Waals surface area (Å²) in [6, 6.07) is 5.47. The highest BCUT2D eigenvalue weighted by atomic mass is 32.2. The minimum absolute atomic E-state index is 0.112. The fraction of sp³-hybridized carbons (Fsp3) is 0.524. The molecule has 1 aliphatic rings. The molecule has 4 rings (SSSR count). The molecule has 9 nitrogen and oxygen atoms in total. The van der Waals surface area contributed by atoms with Gasteiger partial charge in [0.2, 0.25) is 10.0 Å². The Morgan fingerprint density at radius 2 is 2.13 bits per heavy atom. The topological polar surface area (TPSA) is 108 Å². The fourth-order valence-corrected chi connectivity index (χ4v) is 5.25. The van der Waals surface area contributed by atoms with Gasteiger partial charge in [-0.15, -0.1) is 0 Å². The molecule has 1 N–H and O–H groups in total. The van der Waals surface area contributed by atoms with E-state index in [1.54, 1.807) is 23.9 Å². The standard InChI is InChI=1S/C21H28N4O5S/c1-15(29-13-16-6-3-4-7-16)14-31(26,27)24-21-20-18(28-2)10-17(11-19(20)30-23-21)12-25-9-5-8-22-25/h5,8-11,15-16H,3-4,6-7,12-14H2,1-2H3,(H,23,24). The number of sulfonamides is 1. The Morgan fingerprint density at radius 1 is 1.32 bits per heavy atom. The van der Waals surface area contributed by atoms with Gasteiger partial charge >= 0.3 is 0 Å². The van der Waals surface area contributed by atoms with Crippen LogP contribution < -0.4 is 9.46 Å². The zero-order valence-electron chi connectivity index (χ0n) is 17.8. The number of ether oxygens (including phenoxy) is 2. The molecule has 1 atom stereocenters. The van der Waals surface area contributed by atoms with Gasteiger partial charge < -0.3 is 14.0 Å². The molecule has 3 aromatic rings. The SMILES string of the molecule is COc1cc(Cn2cccn2)cc2onc(NS(=O)(=O)CC(C)OCC3CCCC3)c12. The molecule has 1 aromatic carbocycles. The van der Waals surface area contributed by atoms with E-state index >= 15 is 0 Å². The molecule has 0 amide bonds. The molecule has 31 heavy (non-hydrogen) atoms. The van der Waals surface area contributed by atoms with Crippen LogP contribution in [0.2, 0.25) is 0 Å². The van der Waals surface area contributed by atoms with Gasteiger partial charge in [-0.3, -0.25) is 9.40 Å². The summed E-state index contributed by atoms with van der Waals surface area (Å²) in [7, 11) is -2.16. The van der Waals surface area contributed by atoms with E-state index < -0.39 is 16.1 Å². The molecular weight excluding hydrogens is 420 g/mol.